The number of rotatable bonds is 0. The molecule has 0 heterocycles. The summed E-state index contributed by atoms with van der Waals surface area (Å²) in [4.78, 5) is 11.3. The zero-order valence-electron chi connectivity index (χ0n) is 6.31. The van der Waals surface area contributed by atoms with Crippen LogP contribution < -0.4 is 0 Å². The van der Waals surface area contributed by atoms with Crippen LogP contribution in [0.25, 0.3) is 0 Å². The summed E-state index contributed by atoms with van der Waals surface area (Å²) < 4.78 is 0. The molecule has 1 nitrogen and oxygen atoms in total. The van der Waals surface area contributed by atoms with Crippen LogP contribution in [0.5, 0.6) is 0 Å². The molecular formula is C9H12O. The van der Waals surface area contributed by atoms with Crippen molar-refractivity contribution in [3.8, 4) is 0 Å². The van der Waals surface area contributed by atoms with Crippen LogP contribution in [0.1, 0.15) is 32.6 Å². The Morgan fingerprint density at radius 3 is 2.80 bits per heavy atom. The van der Waals surface area contributed by atoms with Crippen LogP contribution in [0.3, 0.4) is 0 Å². The summed E-state index contributed by atoms with van der Waals surface area (Å²) in [5.41, 5.74) is 0.724. The quantitative estimate of drug-likeness (QED) is 0.496. The second kappa shape index (κ2) is 1.09. The lowest BCUT2D eigenvalue weighted by atomic mass is 9.58. The fraction of sp³-hybridized carbons (Fsp3) is 0.889. The lowest BCUT2D eigenvalue weighted by Gasteiger charge is -2.43. The van der Waals surface area contributed by atoms with Gasteiger partial charge < -0.3 is 0 Å². The Labute approximate surface area is 60.8 Å². The van der Waals surface area contributed by atoms with Gasteiger partial charge in [0.15, 0.2) is 0 Å². The molecule has 0 saturated heterocycles. The zero-order valence-corrected chi connectivity index (χ0v) is 6.31. The molecule has 3 aliphatic rings. The van der Waals surface area contributed by atoms with Crippen molar-refractivity contribution in [1.82, 2.24) is 0 Å². The van der Waals surface area contributed by atoms with Gasteiger partial charge in [0.05, 0.1) is 0 Å². The van der Waals surface area contributed by atoms with Crippen molar-refractivity contribution in [2.24, 2.45) is 16.7 Å². The number of hydrogen-bond donors (Lipinski definition) is 0. The van der Waals surface area contributed by atoms with Crippen LogP contribution in [-0.2, 0) is 4.79 Å². The van der Waals surface area contributed by atoms with Crippen molar-refractivity contribution >= 4 is 5.78 Å². The van der Waals surface area contributed by atoms with Crippen molar-refractivity contribution < 1.29 is 4.79 Å². The average molecular weight is 136 g/mol. The molecule has 54 valence electrons. The molecule has 3 atom stereocenters. The van der Waals surface area contributed by atoms with Gasteiger partial charge in [0, 0.05) is 11.8 Å². The van der Waals surface area contributed by atoms with E-state index >= 15 is 0 Å². The molecule has 10 heavy (non-hydrogen) atoms. The summed E-state index contributed by atoms with van der Waals surface area (Å²) in [6, 6.07) is 0. The van der Waals surface area contributed by atoms with E-state index in [1.54, 1.807) is 0 Å². The SMILES string of the molecule is C[C@@]12CCC3C[C@@]31C(=O)C2. The van der Waals surface area contributed by atoms with Crippen molar-refractivity contribution in [1.29, 1.82) is 0 Å². The standard InChI is InChI=1S/C9H12O/c1-8-3-2-6-4-9(6,8)7(10)5-8/h6H,2-5H2,1H3/t6?,8-,9-/m0/s1. The van der Waals surface area contributed by atoms with Crippen LogP contribution in [0.4, 0.5) is 0 Å². The van der Waals surface area contributed by atoms with Crippen molar-refractivity contribution in [3.63, 3.8) is 0 Å². The highest BCUT2D eigenvalue weighted by Crippen LogP contribution is 2.80. The normalized spacial score (nSPS) is 62.9. The fourth-order valence-corrected chi connectivity index (χ4v) is 3.46. The number of ketones is 1. The van der Waals surface area contributed by atoms with E-state index < -0.39 is 0 Å². The minimum Gasteiger partial charge on any atom is -0.299 e. The van der Waals surface area contributed by atoms with E-state index in [0.717, 1.165) is 12.3 Å². The second-order valence-electron chi connectivity index (χ2n) is 4.57. The first-order valence-electron chi connectivity index (χ1n) is 4.22. The molecule has 0 aromatic carbocycles. The van der Waals surface area contributed by atoms with Gasteiger partial charge in [-0.15, -0.1) is 0 Å². The smallest absolute Gasteiger partial charge is 0.140 e. The van der Waals surface area contributed by atoms with E-state index in [-0.39, 0.29) is 5.41 Å². The monoisotopic (exact) mass is 136 g/mol. The topological polar surface area (TPSA) is 17.1 Å². The van der Waals surface area contributed by atoms with E-state index in [1.807, 2.05) is 0 Å². The first-order chi connectivity index (χ1) is 4.69. The number of Topliss-reactive ketones (excluding diaryl/α,β-unsaturated/α-hetero) is 1. The molecule has 1 spiro atoms. The lowest BCUT2D eigenvalue weighted by Crippen LogP contribution is -2.46. The predicted octanol–water partition coefficient (Wildman–Crippen LogP) is 1.77. The van der Waals surface area contributed by atoms with Gasteiger partial charge in [0.25, 0.3) is 0 Å². The van der Waals surface area contributed by atoms with Gasteiger partial charge in [-0.25, -0.2) is 0 Å². The highest BCUT2D eigenvalue weighted by atomic mass is 16.1. The first kappa shape index (κ1) is 5.34. The van der Waals surface area contributed by atoms with Gasteiger partial charge >= 0.3 is 0 Å². The largest absolute Gasteiger partial charge is 0.299 e. The third kappa shape index (κ3) is 0.284. The molecular weight excluding hydrogens is 124 g/mol. The first-order valence-corrected chi connectivity index (χ1v) is 4.22. The molecule has 3 fully saturated rings. The summed E-state index contributed by atoms with van der Waals surface area (Å²) in [5, 5.41) is 0. The van der Waals surface area contributed by atoms with Gasteiger partial charge in [-0.05, 0) is 30.6 Å². The summed E-state index contributed by atoms with van der Waals surface area (Å²) in [5.74, 6) is 1.40. The van der Waals surface area contributed by atoms with Crippen LogP contribution in [0, 0.1) is 16.7 Å². The molecule has 0 N–H and O–H groups in total. The van der Waals surface area contributed by atoms with Crippen LogP contribution in [-0.4, -0.2) is 5.78 Å². The Kier molecular flexibility index (Phi) is 0.580. The third-order valence-corrected chi connectivity index (χ3v) is 4.28. The van der Waals surface area contributed by atoms with Gasteiger partial charge in [-0.2, -0.15) is 0 Å². The van der Waals surface area contributed by atoms with Crippen molar-refractivity contribution in [2.75, 3.05) is 0 Å². The van der Waals surface area contributed by atoms with Gasteiger partial charge in [-0.3, -0.25) is 4.79 Å². The van der Waals surface area contributed by atoms with Crippen LogP contribution >= 0.6 is 0 Å². The Balaban J connectivity index is 2.11. The highest BCUT2D eigenvalue weighted by molar-refractivity contribution is 5.96. The molecule has 0 bridgehead atoms. The van der Waals surface area contributed by atoms with Crippen LogP contribution in [0.15, 0.2) is 0 Å². The molecule has 1 unspecified atom stereocenters. The number of carbonyl (C=O) groups is 1. The summed E-state index contributed by atoms with van der Waals surface area (Å²) in [7, 11) is 0. The maximum atomic E-state index is 11.3. The number of hydrogen-bond acceptors (Lipinski definition) is 1. The predicted molar refractivity (Wildman–Crippen MR) is 37.5 cm³/mol. The van der Waals surface area contributed by atoms with E-state index in [9.17, 15) is 4.79 Å². The molecule has 0 aromatic rings. The lowest BCUT2D eigenvalue weighted by molar-refractivity contribution is -0.143. The van der Waals surface area contributed by atoms with Gasteiger partial charge in [0.2, 0.25) is 0 Å². The summed E-state index contributed by atoms with van der Waals surface area (Å²) in [6.07, 6.45) is 4.79. The van der Waals surface area contributed by atoms with Crippen LogP contribution in [0.2, 0.25) is 0 Å². The molecule has 1 heteroatoms. The molecule has 3 aliphatic carbocycles. The molecule has 0 aliphatic heterocycles. The Morgan fingerprint density at radius 1 is 1.60 bits per heavy atom. The van der Waals surface area contributed by atoms with Gasteiger partial charge in [-0.1, -0.05) is 6.92 Å². The Hall–Kier alpha value is -0.330. The summed E-state index contributed by atoms with van der Waals surface area (Å²) in [6.45, 7) is 2.31. The number of carbonyl (C=O) groups excluding carboxylic acids is 1. The highest BCUT2D eigenvalue weighted by Gasteiger charge is 2.78. The van der Waals surface area contributed by atoms with E-state index in [0.29, 0.717) is 11.2 Å². The minimum absolute atomic E-state index is 0.257. The molecule has 0 aromatic heterocycles. The maximum absolute atomic E-state index is 11.3. The van der Waals surface area contributed by atoms with E-state index in [2.05, 4.69) is 6.92 Å². The molecule has 3 saturated carbocycles. The molecule has 3 rings (SSSR count). The second-order valence-corrected chi connectivity index (χ2v) is 4.57. The van der Waals surface area contributed by atoms with E-state index in [4.69, 9.17) is 0 Å². The van der Waals surface area contributed by atoms with E-state index in [1.165, 1.54) is 19.3 Å². The van der Waals surface area contributed by atoms with Crippen molar-refractivity contribution in [2.45, 2.75) is 32.6 Å². The third-order valence-electron chi connectivity index (χ3n) is 4.28. The zero-order chi connectivity index (χ0) is 6.98. The minimum atomic E-state index is 0.257. The fourth-order valence-electron chi connectivity index (χ4n) is 3.46. The molecule has 0 radical (unpaired) electrons. The van der Waals surface area contributed by atoms with Gasteiger partial charge in [0.1, 0.15) is 5.78 Å². The summed E-state index contributed by atoms with van der Waals surface area (Å²) >= 11 is 0. The Morgan fingerprint density at radius 2 is 2.40 bits per heavy atom. The maximum Gasteiger partial charge on any atom is 0.140 e. The van der Waals surface area contributed by atoms with Crippen molar-refractivity contribution in [3.05, 3.63) is 0 Å². The average Bonchev–Trinajstić information content (AvgIpc) is 2.56. The molecule has 0 amide bonds. The Bertz CT molecular complexity index is 233.